The first kappa shape index (κ1) is 15.8. The lowest BCUT2D eigenvalue weighted by molar-refractivity contribution is 0.293. The van der Waals surface area contributed by atoms with Gasteiger partial charge >= 0.3 is 0 Å². The molecule has 4 heteroatoms. The molecule has 21 heavy (non-hydrogen) atoms. The van der Waals surface area contributed by atoms with E-state index >= 15 is 0 Å². The third-order valence-corrected chi connectivity index (χ3v) is 3.29. The highest BCUT2D eigenvalue weighted by Gasteiger charge is 2.03. The largest absolute Gasteiger partial charge is 0.473 e. The molecule has 0 fully saturated rings. The maximum atomic E-state index is 6.05. The molecule has 0 saturated carbocycles. The molecular weight excluding hydrogens is 284 g/mol. The lowest BCUT2D eigenvalue weighted by Gasteiger charge is -2.09. The van der Waals surface area contributed by atoms with E-state index in [0.717, 1.165) is 24.2 Å². The minimum absolute atomic E-state index is 0.466. The van der Waals surface area contributed by atoms with Crippen LogP contribution in [0.4, 0.5) is 0 Å². The SMILES string of the molecule is CCCCNCc1cc(Cl)nc(OCc2ccccc2)c1. The van der Waals surface area contributed by atoms with E-state index < -0.39 is 0 Å². The van der Waals surface area contributed by atoms with Gasteiger partial charge in [0.25, 0.3) is 0 Å². The van der Waals surface area contributed by atoms with E-state index in [1.54, 1.807) is 0 Å². The number of aromatic nitrogens is 1. The number of hydrogen-bond acceptors (Lipinski definition) is 3. The Hall–Kier alpha value is -1.58. The summed E-state index contributed by atoms with van der Waals surface area (Å²) in [4.78, 5) is 4.21. The molecule has 0 bridgehead atoms. The van der Waals surface area contributed by atoms with Crippen molar-refractivity contribution in [1.82, 2.24) is 10.3 Å². The van der Waals surface area contributed by atoms with E-state index in [4.69, 9.17) is 16.3 Å². The van der Waals surface area contributed by atoms with E-state index in [2.05, 4.69) is 17.2 Å². The van der Waals surface area contributed by atoms with E-state index in [-0.39, 0.29) is 0 Å². The molecule has 0 unspecified atom stereocenters. The molecule has 0 spiro atoms. The molecule has 112 valence electrons. The van der Waals surface area contributed by atoms with Gasteiger partial charge in [0.2, 0.25) is 5.88 Å². The van der Waals surface area contributed by atoms with Gasteiger partial charge in [0.1, 0.15) is 11.8 Å². The Morgan fingerprint density at radius 2 is 1.95 bits per heavy atom. The van der Waals surface area contributed by atoms with E-state index in [1.807, 2.05) is 42.5 Å². The summed E-state index contributed by atoms with van der Waals surface area (Å²) < 4.78 is 5.72. The van der Waals surface area contributed by atoms with Gasteiger partial charge < -0.3 is 10.1 Å². The van der Waals surface area contributed by atoms with Crippen molar-refractivity contribution in [3.8, 4) is 5.88 Å². The Morgan fingerprint density at radius 3 is 2.71 bits per heavy atom. The van der Waals surface area contributed by atoms with Crippen LogP contribution in [0.1, 0.15) is 30.9 Å². The number of pyridine rings is 1. The summed E-state index contributed by atoms with van der Waals surface area (Å²) in [6, 6.07) is 13.8. The Labute approximate surface area is 131 Å². The molecule has 1 N–H and O–H groups in total. The molecule has 2 rings (SSSR count). The summed E-state index contributed by atoms with van der Waals surface area (Å²) in [5.41, 5.74) is 2.20. The molecule has 1 heterocycles. The van der Waals surface area contributed by atoms with Gasteiger partial charge in [-0.3, -0.25) is 0 Å². The van der Waals surface area contributed by atoms with Crippen molar-refractivity contribution in [3.63, 3.8) is 0 Å². The third-order valence-electron chi connectivity index (χ3n) is 3.10. The zero-order chi connectivity index (χ0) is 14.9. The number of nitrogens with one attached hydrogen (secondary N) is 1. The van der Waals surface area contributed by atoms with Gasteiger partial charge in [-0.25, -0.2) is 4.98 Å². The van der Waals surface area contributed by atoms with Gasteiger partial charge in [-0.15, -0.1) is 0 Å². The van der Waals surface area contributed by atoms with Crippen molar-refractivity contribution >= 4 is 11.6 Å². The molecule has 3 nitrogen and oxygen atoms in total. The summed E-state index contributed by atoms with van der Waals surface area (Å²) in [5, 5.41) is 3.85. The summed E-state index contributed by atoms with van der Waals surface area (Å²) in [5.74, 6) is 0.568. The number of unbranched alkanes of at least 4 members (excludes halogenated alkanes) is 1. The van der Waals surface area contributed by atoms with Crippen LogP contribution in [0.5, 0.6) is 5.88 Å². The molecule has 0 aliphatic carbocycles. The van der Waals surface area contributed by atoms with Crippen LogP contribution >= 0.6 is 11.6 Å². The van der Waals surface area contributed by atoms with Gasteiger partial charge in [-0.2, -0.15) is 0 Å². The predicted octanol–water partition coefficient (Wildman–Crippen LogP) is 4.20. The highest BCUT2D eigenvalue weighted by molar-refractivity contribution is 6.29. The normalized spacial score (nSPS) is 10.6. The van der Waals surface area contributed by atoms with E-state index in [9.17, 15) is 0 Å². The van der Waals surface area contributed by atoms with Crippen molar-refractivity contribution in [3.05, 3.63) is 58.7 Å². The summed E-state index contributed by atoms with van der Waals surface area (Å²) in [6.07, 6.45) is 2.37. The topological polar surface area (TPSA) is 34.2 Å². The van der Waals surface area contributed by atoms with Crippen LogP contribution in [0, 0.1) is 0 Å². The Balaban J connectivity index is 1.91. The van der Waals surface area contributed by atoms with Gasteiger partial charge in [-0.05, 0) is 30.2 Å². The number of ether oxygens (including phenoxy) is 1. The molecule has 0 aliphatic rings. The summed E-state index contributed by atoms with van der Waals surface area (Å²) >= 11 is 6.05. The van der Waals surface area contributed by atoms with Crippen LogP contribution < -0.4 is 10.1 Å². The van der Waals surface area contributed by atoms with Crippen molar-refractivity contribution in [1.29, 1.82) is 0 Å². The summed E-state index contributed by atoms with van der Waals surface area (Å²) in [7, 11) is 0. The molecule has 2 aromatic rings. The first-order valence-electron chi connectivity index (χ1n) is 7.32. The predicted molar refractivity (Wildman–Crippen MR) is 86.6 cm³/mol. The fourth-order valence-electron chi connectivity index (χ4n) is 1.97. The van der Waals surface area contributed by atoms with Crippen LogP contribution in [0.15, 0.2) is 42.5 Å². The zero-order valence-electron chi connectivity index (χ0n) is 12.3. The molecule has 0 saturated heterocycles. The Kier molecular flexibility index (Phi) is 6.51. The van der Waals surface area contributed by atoms with Crippen molar-refractivity contribution in [2.45, 2.75) is 32.9 Å². The fourth-order valence-corrected chi connectivity index (χ4v) is 2.19. The first-order chi connectivity index (χ1) is 10.3. The Bertz CT molecular complexity index is 546. The second kappa shape index (κ2) is 8.65. The second-order valence-electron chi connectivity index (χ2n) is 4.94. The average molecular weight is 305 g/mol. The van der Waals surface area contributed by atoms with Crippen molar-refractivity contribution < 1.29 is 4.74 Å². The van der Waals surface area contributed by atoms with Gasteiger partial charge in [0.05, 0.1) is 0 Å². The van der Waals surface area contributed by atoms with E-state index in [0.29, 0.717) is 17.6 Å². The molecule has 0 aliphatic heterocycles. The quantitative estimate of drug-likeness (QED) is 0.586. The second-order valence-corrected chi connectivity index (χ2v) is 5.33. The van der Waals surface area contributed by atoms with Crippen LogP contribution in [0.2, 0.25) is 5.15 Å². The summed E-state index contributed by atoms with van der Waals surface area (Å²) in [6.45, 7) is 4.47. The number of hydrogen-bond donors (Lipinski definition) is 1. The zero-order valence-corrected chi connectivity index (χ0v) is 13.1. The number of benzene rings is 1. The van der Waals surface area contributed by atoms with Crippen LogP contribution in [0.3, 0.4) is 0 Å². The maximum absolute atomic E-state index is 6.05. The van der Waals surface area contributed by atoms with Crippen LogP contribution in [0.25, 0.3) is 0 Å². The maximum Gasteiger partial charge on any atom is 0.215 e. The molecule has 0 amide bonds. The average Bonchev–Trinajstić information content (AvgIpc) is 2.50. The smallest absolute Gasteiger partial charge is 0.215 e. The molecular formula is C17H21ClN2O. The molecule has 1 aromatic carbocycles. The Morgan fingerprint density at radius 1 is 1.14 bits per heavy atom. The highest BCUT2D eigenvalue weighted by Crippen LogP contribution is 2.17. The number of rotatable bonds is 8. The fraction of sp³-hybridized carbons (Fsp3) is 0.353. The van der Waals surface area contributed by atoms with E-state index in [1.165, 1.54) is 12.8 Å². The minimum atomic E-state index is 0.466. The molecule has 0 radical (unpaired) electrons. The van der Waals surface area contributed by atoms with Gasteiger partial charge in [-0.1, -0.05) is 55.3 Å². The first-order valence-corrected chi connectivity index (χ1v) is 7.69. The standard InChI is InChI=1S/C17H21ClN2O/c1-2-3-9-19-12-15-10-16(18)20-17(11-15)21-13-14-7-5-4-6-8-14/h4-8,10-11,19H,2-3,9,12-13H2,1H3. The van der Waals surface area contributed by atoms with Crippen molar-refractivity contribution in [2.75, 3.05) is 6.54 Å². The lowest BCUT2D eigenvalue weighted by Crippen LogP contribution is -2.14. The molecule has 1 aromatic heterocycles. The monoisotopic (exact) mass is 304 g/mol. The lowest BCUT2D eigenvalue weighted by atomic mass is 10.2. The third kappa shape index (κ3) is 5.74. The van der Waals surface area contributed by atoms with Gasteiger partial charge in [0.15, 0.2) is 0 Å². The van der Waals surface area contributed by atoms with Crippen molar-refractivity contribution in [2.24, 2.45) is 0 Å². The van der Waals surface area contributed by atoms with Crippen LogP contribution in [-0.4, -0.2) is 11.5 Å². The minimum Gasteiger partial charge on any atom is -0.473 e. The molecule has 0 atom stereocenters. The van der Waals surface area contributed by atoms with Crippen LogP contribution in [-0.2, 0) is 13.2 Å². The number of halogens is 1. The highest BCUT2D eigenvalue weighted by atomic mass is 35.5. The number of nitrogens with zero attached hydrogens (tertiary/aromatic N) is 1. The van der Waals surface area contributed by atoms with Gasteiger partial charge in [0, 0.05) is 12.6 Å².